The van der Waals surface area contributed by atoms with E-state index in [-0.39, 0.29) is 5.92 Å². The molecular weight excluding hydrogens is 176 g/mol. The molecule has 0 aliphatic heterocycles. The molecular formula is C11H10N2O. The summed E-state index contributed by atoms with van der Waals surface area (Å²) in [7, 11) is 0. The minimum Gasteiger partial charge on any atom is -0.492 e. The Morgan fingerprint density at radius 1 is 1.29 bits per heavy atom. The number of ether oxygens (including phenoxy) is 1. The molecule has 1 unspecified atom stereocenters. The Morgan fingerprint density at radius 3 is 2.43 bits per heavy atom. The summed E-state index contributed by atoms with van der Waals surface area (Å²) in [4.78, 5) is 0. The molecule has 1 aromatic carbocycles. The summed E-state index contributed by atoms with van der Waals surface area (Å²) < 4.78 is 5.33. The molecule has 0 aromatic heterocycles. The van der Waals surface area contributed by atoms with Gasteiger partial charge in [-0.2, -0.15) is 10.5 Å². The van der Waals surface area contributed by atoms with Gasteiger partial charge in [0.2, 0.25) is 0 Å². The molecule has 1 rings (SSSR count). The summed E-state index contributed by atoms with van der Waals surface area (Å²) >= 11 is 0. The highest BCUT2D eigenvalue weighted by Gasteiger charge is 2.00. The standard InChI is InChI=1S/C11H10N2O/c1-9(6-12)8-14-11-4-2-10(7-13)3-5-11/h2-5,9H,8H2,1H3. The Labute approximate surface area is 83.2 Å². The predicted molar refractivity (Wildman–Crippen MR) is 51.4 cm³/mol. The normalized spacial score (nSPS) is 11.1. The zero-order valence-electron chi connectivity index (χ0n) is 7.90. The third kappa shape index (κ3) is 2.80. The smallest absolute Gasteiger partial charge is 0.119 e. The van der Waals surface area contributed by atoms with Crippen molar-refractivity contribution in [1.82, 2.24) is 0 Å². The Bertz CT molecular complexity index is 370. The highest BCUT2D eigenvalue weighted by molar-refractivity contribution is 5.34. The molecule has 3 heteroatoms. The summed E-state index contributed by atoms with van der Waals surface area (Å²) in [6.07, 6.45) is 0. The van der Waals surface area contributed by atoms with Gasteiger partial charge in [0, 0.05) is 0 Å². The van der Waals surface area contributed by atoms with Crippen LogP contribution in [0.15, 0.2) is 24.3 Å². The third-order valence-electron chi connectivity index (χ3n) is 1.70. The van der Waals surface area contributed by atoms with Gasteiger partial charge in [-0.1, -0.05) is 0 Å². The second kappa shape index (κ2) is 4.89. The van der Waals surface area contributed by atoms with Gasteiger partial charge in [-0.3, -0.25) is 0 Å². The first-order valence-corrected chi connectivity index (χ1v) is 4.29. The van der Waals surface area contributed by atoms with Gasteiger partial charge < -0.3 is 4.74 Å². The van der Waals surface area contributed by atoms with Crippen molar-refractivity contribution in [2.75, 3.05) is 6.61 Å². The van der Waals surface area contributed by atoms with Crippen LogP contribution in [0.4, 0.5) is 0 Å². The van der Waals surface area contributed by atoms with Gasteiger partial charge in [-0.15, -0.1) is 0 Å². The minimum absolute atomic E-state index is 0.120. The fraction of sp³-hybridized carbons (Fsp3) is 0.273. The van der Waals surface area contributed by atoms with Gasteiger partial charge >= 0.3 is 0 Å². The number of benzene rings is 1. The van der Waals surface area contributed by atoms with E-state index < -0.39 is 0 Å². The minimum atomic E-state index is -0.120. The summed E-state index contributed by atoms with van der Waals surface area (Å²) in [6, 6.07) is 10.9. The molecule has 1 aromatic rings. The molecule has 0 saturated carbocycles. The van der Waals surface area contributed by atoms with Crippen LogP contribution in [0, 0.1) is 28.6 Å². The average Bonchev–Trinajstić information content (AvgIpc) is 2.26. The summed E-state index contributed by atoms with van der Waals surface area (Å²) in [6.45, 7) is 2.17. The summed E-state index contributed by atoms with van der Waals surface area (Å²) in [5, 5.41) is 17.1. The van der Waals surface area contributed by atoms with Gasteiger partial charge in [0.25, 0.3) is 0 Å². The number of hydrogen-bond donors (Lipinski definition) is 0. The molecule has 0 heterocycles. The van der Waals surface area contributed by atoms with Crippen molar-refractivity contribution in [1.29, 1.82) is 10.5 Å². The molecule has 0 saturated heterocycles. The molecule has 0 N–H and O–H groups in total. The SMILES string of the molecule is CC(C#N)COc1ccc(C#N)cc1. The lowest BCUT2D eigenvalue weighted by molar-refractivity contribution is 0.288. The number of hydrogen-bond acceptors (Lipinski definition) is 3. The van der Waals surface area contributed by atoms with Crippen molar-refractivity contribution in [2.45, 2.75) is 6.92 Å². The van der Waals surface area contributed by atoms with Crippen LogP contribution >= 0.6 is 0 Å². The van der Waals surface area contributed by atoms with Crippen molar-refractivity contribution in [3.8, 4) is 17.9 Å². The van der Waals surface area contributed by atoms with E-state index in [1.165, 1.54) is 0 Å². The Hall–Kier alpha value is -2.00. The molecule has 14 heavy (non-hydrogen) atoms. The fourth-order valence-electron chi connectivity index (χ4n) is 0.884. The van der Waals surface area contributed by atoms with Crippen LogP contribution in [0.3, 0.4) is 0 Å². The molecule has 0 aliphatic carbocycles. The van der Waals surface area contributed by atoms with E-state index in [1.54, 1.807) is 31.2 Å². The molecule has 0 fully saturated rings. The predicted octanol–water partition coefficient (Wildman–Crippen LogP) is 2.10. The molecule has 0 spiro atoms. The van der Waals surface area contributed by atoms with Gasteiger partial charge in [-0.25, -0.2) is 0 Å². The molecule has 3 nitrogen and oxygen atoms in total. The van der Waals surface area contributed by atoms with Crippen molar-refractivity contribution < 1.29 is 4.74 Å². The third-order valence-corrected chi connectivity index (χ3v) is 1.70. The van der Waals surface area contributed by atoms with E-state index in [0.29, 0.717) is 17.9 Å². The number of nitriles is 2. The first-order chi connectivity index (χ1) is 6.76. The molecule has 70 valence electrons. The van der Waals surface area contributed by atoms with E-state index >= 15 is 0 Å². The van der Waals surface area contributed by atoms with Crippen molar-refractivity contribution in [2.24, 2.45) is 5.92 Å². The maximum absolute atomic E-state index is 8.55. The summed E-state index contributed by atoms with van der Waals surface area (Å²) in [5.74, 6) is 0.566. The largest absolute Gasteiger partial charge is 0.492 e. The van der Waals surface area contributed by atoms with E-state index in [9.17, 15) is 0 Å². The van der Waals surface area contributed by atoms with Crippen LogP contribution in [0.1, 0.15) is 12.5 Å². The second-order valence-corrected chi connectivity index (χ2v) is 2.98. The van der Waals surface area contributed by atoms with Crippen LogP contribution < -0.4 is 4.74 Å². The highest BCUT2D eigenvalue weighted by Crippen LogP contribution is 2.12. The maximum atomic E-state index is 8.55. The monoisotopic (exact) mass is 186 g/mol. The molecule has 0 amide bonds. The zero-order valence-corrected chi connectivity index (χ0v) is 7.90. The van der Waals surface area contributed by atoms with Gasteiger partial charge in [0.05, 0.1) is 23.6 Å². The topological polar surface area (TPSA) is 56.8 Å². The lowest BCUT2D eigenvalue weighted by Gasteiger charge is -2.06. The molecule has 1 atom stereocenters. The van der Waals surface area contributed by atoms with Crippen LogP contribution in [-0.2, 0) is 0 Å². The first-order valence-electron chi connectivity index (χ1n) is 4.29. The summed E-state index contributed by atoms with van der Waals surface area (Å²) in [5.41, 5.74) is 0.602. The van der Waals surface area contributed by atoms with Crippen LogP contribution in [0.25, 0.3) is 0 Å². The lowest BCUT2D eigenvalue weighted by Crippen LogP contribution is -2.05. The highest BCUT2D eigenvalue weighted by atomic mass is 16.5. The van der Waals surface area contributed by atoms with Crippen LogP contribution in [0.2, 0.25) is 0 Å². The van der Waals surface area contributed by atoms with E-state index in [0.717, 1.165) is 0 Å². The van der Waals surface area contributed by atoms with Gasteiger partial charge in [-0.05, 0) is 31.2 Å². The molecule has 0 bridgehead atoms. The van der Waals surface area contributed by atoms with E-state index in [2.05, 4.69) is 6.07 Å². The first kappa shape index (κ1) is 10.1. The molecule has 0 radical (unpaired) electrons. The fourth-order valence-corrected chi connectivity index (χ4v) is 0.884. The number of rotatable bonds is 3. The zero-order chi connectivity index (χ0) is 10.4. The van der Waals surface area contributed by atoms with Crippen LogP contribution in [-0.4, -0.2) is 6.61 Å². The van der Waals surface area contributed by atoms with Gasteiger partial charge in [0.1, 0.15) is 12.4 Å². The van der Waals surface area contributed by atoms with Crippen molar-refractivity contribution in [3.05, 3.63) is 29.8 Å². The van der Waals surface area contributed by atoms with Crippen LogP contribution in [0.5, 0.6) is 5.75 Å². The van der Waals surface area contributed by atoms with Crippen molar-refractivity contribution in [3.63, 3.8) is 0 Å². The average molecular weight is 186 g/mol. The van der Waals surface area contributed by atoms with Gasteiger partial charge in [0.15, 0.2) is 0 Å². The lowest BCUT2D eigenvalue weighted by atomic mass is 10.2. The molecule has 0 aliphatic rings. The van der Waals surface area contributed by atoms with E-state index in [1.807, 2.05) is 6.07 Å². The Kier molecular flexibility index (Phi) is 3.52. The Morgan fingerprint density at radius 2 is 1.93 bits per heavy atom. The second-order valence-electron chi connectivity index (χ2n) is 2.98. The van der Waals surface area contributed by atoms with E-state index in [4.69, 9.17) is 15.3 Å². The Balaban J connectivity index is 2.54. The van der Waals surface area contributed by atoms with Crippen molar-refractivity contribution >= 4 is 0 Å². The number of nitrogens with zero attached hydrogens (tertiary/aromatic N) is 2. The quantitative estimate of drug-likeness (QED) is 0.726. The maximum Gasteiger partial charge on any atom is 0.119 e.